The summed E-state index contributed by atoms with van der Waals surface area (Å²) in [7, 11) is 7.60. The highest BCUT2D eigenvalue weighted by molar-refractivity contribution is 5.91. The van der Waals surface area contributed by atoms with E-state index in [4.69, 9.17) is 9.72 Å². The highest BCUT2D eigenvalue weighted by atomic mass is 16.5. The minimum absolute atomic E-state index is 0.00640. The van der Waals surface area contributed by atoms with Crippen molar-refractivity contribution in [1.82, 2.24) is 19.7 Å². The molecule has 0 unspecified atom stereocenters. The Balaban J connectivity index is 1.66. The molecule has 0 fully saturated rings. The van der Waals surface area contributed by atoms with Crippen molar-refractivity contribution in [1.29, 1.82) is 0 Å². The third-order valence-corrected chi connectivity index (χ3v) is 5.40. The molecule has 7 heteroatoms. The van der Waals surface area contributed by atoms with Crippen molar-refractivity contribution in [2.24, 2.45) is 7.05 Å². The molecular formula is C23H31N5O2. The molecule has 1 N–H and O–H groups in total. The third kappa shape index (κ3) is 4.79. The van der Waals surface area contributed by atoms with Gasteiger partial charge in [0.2, 0.25) is 11.8 Å². The molecule has 2 aromatic heterocycles. The third-order valence-electron chi connectivity index (χ3n) is 5.40. The first-order chi connectivity index (χ1) is 14.3. The van der Waals surface area contributed by atoms with Gasteiger partial charge >= 0.3 is 0 Å². The number of likely N-dealkylation sites (N-methyl/N-ethyl adjacent to an activating group) is 1. The fourth-order valence-corrected chi connectivity index (χ4v) is 3.68. The number of aryl methyl sites for hydroxylation is 3. The molecule has 0 saturated heterocycles. The largest absolute Gasteiger partial charge is 0.479 e. The van der Waals surface area contributed by atoms with Gasteiger partial charge in [0.25, 0.3) is 0 Å². The van der Waals surface area contributed by atoms with Gasteiger partial charge in [-0.2, -0.15) is 0 Å². The second kappa shape index (κ2) is 9.26. The Hall–Kier alpha value is -2.93. The van der Waals surface area contributed by atoms with Gasteiger partial charge in [-0.3, -0.25) is 4.79 Å². The number of nitrogens with one attached hydrogen (secondary N) is 1. The van der Waals surface area contributed by atoms with E-state index in [9.17, 15) is 4.79 Å². The van der Waals surface area contributed by atoms with Crippen LogP contribution in [-0.4, -0.2) is 53.3 Å². The summed E-state index contributed by atoms with van der Waals surface area (Å²) in [5, 5.41) is 8.29. The average Bonchev–Trinajstić information content (AvgIpc) is 3.03. The number of aromatic nitrogens is 3. The molecule has 0 aliphatic rings. The molecule has 1 aromatic carbocycles. The number of carbonyl (C=O) groups is 1. The maximum atomic E-state index is 12.5. The van der Waals surface area contributed by atoms with Crippen molar-refractivity contribution >= 4 is 22.6 Å². The minimum Gasteiger partial charge on any atom is -0.479 e. The van der Waals surface area contributed by atoms with E-state index < -0.39 is 0 Å². The number of benzene rings is 1. The fraction of sp³-hybridized carbons (Fsp3) is 0.435. The second-order valence-corrected chi connectivity index (χ2v) is 7.93. The molecule has 0 radical (unpaired) electrons. The smallest absolute Gasteiger partial charge is 0.242 e. The van der Waals surface area contributed by atoms with Crippen LogP contribution in [-0.2, 0) is 24.7 Å². The first-order valence-electron chi connectivity index (χ1n) is 10.2. The van der Waals surface area contributed by atoms with E-state index in [1.807, 2.05) is 33.0 Å². The van der Waals surface area contributed by atoms with Gasteiger partial charge in [-0.1, -0.05) is 12.1 Å². The van der Waals surface area contributed by atoms with E-state index in [1.165, 1.54) is 5.56 Å². The lowest BCUT2D eigenvalue weighted by atomic mass is 10.00. The molecule has 160 valence electrons. The van der Waals surface area contributed by atoms with E-state index in [2.05, 4.69) is 41.5 Å². The first kappa shape index (κ1) is 21.8. The lowest BCUT2D eigenvalue weighted by Crippen LogP contribution is -2.15. The van der Waals surface area contributed by atoms with Crippen molar-refractivity contribution < 1.29 is 9.53 Å². The molecule has 7 nitrogen and oxygen atoms in total. The quantitative estimate of drug-likeness (QED) is 0.618. The predicted octanol–water partition coefficient (Wildman–Crippen LogP) is 3.27. The van der Waals surface area contributed by atoms with Gasteiger partial charge in [-0.15, -0.1) is 5.10 Å². The van der Waals surface area contributed by atoms with Crippen LogP contribution in [0.4, 0.5) is 5.69 Å². The summed E-state index contributed by atoms with van der Waals surface area (Å²) in [4.78, 5) is 19.4. The zero-order valence-electron chi connectivity index (χ0n) is 18.7. The number of rotatable bonds is 8. The summed E-state index contributed by atoms with van der Waals surface area (Å²) >= 11 is 0. The zero-order chi connectivity index (χ0) is 21.8. The number of carbonyl (C=O) groups excluding carboxylic acids is 1. The normalized spacial score (nSPS) is 11.3. The summed E-state index contributed by atoms with van der Waals surface area (Å²) in [6.45, 7) is 5.02. The highest BCUT2D eigenvalue weighted by Crippen LogP contribution is 2.30. The van der Waals surface area contributed by atoms with Gasteiger partial charge in [0.05, 0.1) is 12.5 Å². The van der Waals surface area contributed by atoms with Crippen LogP contribution in [0.25, 0.3) is 11.0 Å². The lowest BCUT2D eigenvalue weighted by Gasteiger charge is -2.12. The van der Waals surface area contributed by atoms with E-state index in [0.717, 1.165) is 46.5 Å². The van der Waals surface area contributed by atoms with Crippen LogP contribution in [0.3, 0.4) is 0 Å². The SMILES string of the molecule is COc1nn(C)c2nc(C)c(CCC(=O)Nc3ccc(CCN(C)C)cc3)c(C)c12. The minimum atomic E-state index is -0.00640. The molecule has 3 rings (SSSR count). The number of anilines is 1. The number of ether oxygens (including phenoxy) is 1. The van der Waals surface area contributed by atoms with Gasteiger partial charge < -0.3 is 15.0 Å². The predicted molar refractivity (Wildman–Crippen MR) is 120 cm³/mol. The zero-order valence-corrected chi connectivity index (χ0v) is 18.7. The second-order valence-electron chi connectivity index (χ2n) is 7.93. The highest BCUT2D eigenvalue weighted by Gasteiger charge is 2.18. The summed E-state index contributed by atoms with van der Waals surface area (Å²) in [6.07, 6.45) is 2.00. The number of methoxy groups -OCH3 is 1. The van der Waals surface area contributed by atoms with Crippen molar-refractivity contribution in [3.8, 4) is 5.88 Å². The van der Waals surface area contributed by atoms with E-state index in [-0.39, 0.29) is 5.91 Å². The summed E-state index contributed by atoms with van der Waals surface area (Å²) in [6, 6.07) is 8.07. The first-order valence-corrected chi connectivity index (χ1v) is 10.2. The maximum Gasteiger partial charge on any atom is 0.242 e. The van der Waals surface area contributed by atoms with Gasteiger partial charge in [-0.05, 0) is 69.6 Å². The molecule has 0 saturated carbocycles. The average molecular weight is 410 g/mol. The number of hydrogen-bond donors (Lipinski definition) is 1. The topological polar surface area (TPSA) is 72.3 Å². The molecule has 0 spiro atoms. The fourth-order valence-electron chi connectivity index (χ4n) is 3.68. The van der Waals surface area contributed by atoms with Gasteiger partial charge in [-0.25, -0.2) is 9.67 Å². The molecule has 1 amide bonds. The van der Waals surface area contributed by atoms with Gasteiger partial charge in [0.15, 0.2) is 5.65 Å². The lowest BCUT2D eigenvalue weighted by molar-refractivity contribution is -0.116. The molecule has 0 aliphatic heterocycles. The van der Waals surface area contributed by atoms with Crippen LogP contribution in [0.15, 0.2) is 24.3 Å². The maximum absolute atomic E-state index is 12.5. The van der Waals surface area contributed by atoms with Crippen molar-refractivity contribution in [3.63, 3.8) is 0 Å². The van der Waals surface area contributed by atoms with E-state index in [0.29, 0.717) is 18.7 Å². The van der Waals surface area contributed by atoms with Gasteiger partial charge in [0, 0.05) is 31.4 Å². The Bertz CT molecular complexity index is 1040. The molecule has 0 bridgehead atoms. The molecule has 3 aromatic rings. The monoisotopic (exact) mass is 409 g/mol. The molecule has 0 aliphatic carbocycles. The summed E-state index contributed by atoms with van der Waals surface area (Å²) in [5.74, 6) is 0.561. The van der Waals surface area contributed by atoms with Crippen LogP contribution in [0.2, 0.25) is 0 Å². The molecule has 2 heterocycles. The van der Waals surface area contributed by atoms with Crippen LogP contribution >= 0.6 is 0 Å². The number of amides is 1. The Morgan fingerprint density at radius 2 is 1.87 bits per heavy atom. The molecule has 30 heavy (non-hydrogen) atoms. The molecule has 0 atom stereocenters. The van der Waals surface area contributed by atoms with E-state index in [1.54, 1.807) is 11.8 Å². The molecular weight excluding hydrogens is 378 g/mol. The standard InChI is InChI=1S/C23H31N5O2/c1-15-19(16(2)24-22-21(15)23(30-6)26-28(22)5)11-12-20(29)25-18-9-7-17(8-10-18)13-14-27(3)4/h7-10H,11-14H2,1-6H3,(H,25,29). The van der Waals surface area contributed by atoms with E-state index >= 15 is 0 Å². The van der Waals surface area contributed by atoms with Crippen molar-refractivity contribution in [2.75, 3.05) is 33.1 Å². The summed E-state index contributed by atoms with van der Waals surface area (Å²) < 4.78 is 7.14. The number of fused-ring (bicyclic) bond motifs is 1. The summed E-state index contributed by atoms with van der Waals surface area (Å²) in [5.41, 5.74) is 5.94. The number of nitrogens with zero attached hydrogens (tertiary/aromatic N) is 4. The van der Waals surface area contributed by atoms with Crippen molar-refractivity contribution in [2.45, 2.75) is 33.1 Å². The van der Waals surface area contributed by atoms with Crippen LogP contribution in [0.1, 0.15) is 28.8 Å². The Morgan fingerprint density at radius 3 is 2.50 bits per heavy atom. The van der Waals surface area contributed by atoms with Crippen LogP contribution in [0, 0.1) is 13.8 Å². The number of pyridine rings is 1. The van der Waals surface area contributed by atoms with Crippen molar-refractivity contribution in [3.05, 3.63) is 46.6 Å². The van der Waals surface area contributed by atoms with Gasteiger partial charge in [0.1, 0.15) is 0 Å². The van der Waals surface area contributed by atoms with Crippen LogP contribution < -0.4 is 10.1 Å². The van der Waals surface area contributed by atoms with Crippen LogP contribution in [0.5, 0.6) is 5.88 Å². The Labute approximate surface area is 178 Å². The Morgan fingerprint density at radius 1 is 1.17 bits per heavy atom. The number of hydrogen-bond acceptors (Lipinski definition) is 5. The Kier molecular flexibility index (Phi) is 6.72.